The SMILES string of the molecule is COc1cc(C)c(CNC(C)CCCC(C)(C)O)c(C)c1C. The van der Waals surface area contributed by atoms with Gasteiger partial charge in [-0.1, -0.05) is 0 Å². The average molecular weight is 307 g/mol. The quantitative estimate of drug-likeness (QED) is 0.761. The number of hydrogen-bond donors (Lipinski definition) is 2. The van der Waals surface area contributed by atoms with E-state index in [4.69, 9.17) is 4.74 Å². The third-order valence-electron chi connectivity index (χ3n) is 4.48. The fraction of sp³-hybridized carbons (Fsp3) is 0.684. The minimum Gasteiger partial charge on any atom is -0.496 e. The van der Waals surface area contributed by atoms with E-state index >= 15 is 0 Å². The third-order valence-corrected chi connectivity index (χ3v) is 4.48. The molecule has 1 rings (SSSR count). The Balaban J connectivity index is 2.59. The highest BCUT2D eigenvalue weighted by molar-refractivity contribution is 5.48. The van der Waals surface area contributed by atoms with Gasteiger partial charge < -0.3 is 15.2 Å². The molecule has 0 bridgehead atoms. The van der Waals surface area contributed by atoms with Gasteiger partial charge in [-0.15, -0.1) is 0 Å². The number of aliphatic hydroxyl groups is 1. The number of benzene rings is 1. The van der Waals surface area contributed by atoms with Crippen LogP contribution < -0.4 is 10.1 Å². The van der Waals surface area contributed by atoms with E-state index in [-0.39, 0.29) is 0 Å². The Morgan fingerprint density at radius 1 is 1.23 bits per heavy atom. The summed E-state index contributed by atoms with van der Waals surface area (Å²) in [5.74, 6) is 0.969. The first-order chi connectivity index (χ1) is 10.2. The summed E-state index contributed by atoms with van der Waals surface area (Å²) in [4.78, 5) is 0. The molecule has 2 N–H and O–H groups in total. The topological polar surface area (TPSA) is 41.5 Å². The molecular formula is C19H33NO2. The Morgan fingerprint density at radius 3 is 2.41 bits per heavy atom. The largest absolute Gasteiger partial charge is 0.496 e. The van der Waals surface area contributed by atoms with Crippen LogP contribution in [0.25, 0.3) is 0 Å². The van der Waals surface area contributed by atoms with Crippen molar-refractivity contribution in [3.8, 4) is 5.75 Å². The standard InChI is InChI=1S/C19H33NO2/c1-13-11-18(22-7)16(4)15(3)17(13)12-20-14(2)9-8-10-19(5,6)21/h11,14,20-21H,8-10,12H2,1-7H3. The van der Waals surface area contributed by atoms with Crippen LogP contribution >= 0.6 is 0 Å². The highest BCUT2D eigenvalue weighted by Crippen LogP contribution is 2.27. The molecule has 0 aliphatic rings. The molecular weight excluding hydrogens is 274 g/mol. The zero-order valence-corrected chi connectivity index (χ0v) is 15.3. The second-order valence-electron chi connectivity index (χ2n) is 7.11. The number of nitrogens with one attached hydrogen (secondary N) is 1. The molecule has 1 atom stereocenters. The Kier molecular flexibility index (Phi) is 6.89. The summed E-state index contributed by atoms with van der Waals surface area (Å²) in [6, 6.07) is 2.57. The van der Waals surface area contributed by atoms with E-state index in [9.17, 15) is 5.11 Å². The maximum Gasteiger partial charge on any atom is 0.122 e. The summed E-state index contributed by atoms with van der Waals surface area (Å²) < 4.78 is 5.43. The second kappa shape index (κ2) is 7.98. The molecule has 0 spiro atoms. The molecule has 0 saturated carbocycles. The van der Waals surface area contributed by atoms with Crippen LogP contribution in [0.3, 0.4) is 0 Å². The number of methoxy groups -OCH3 is 1. The van der Waals surface area contributed by atoms with Gasteiger partial charge in [-0.2, -0.15) is 0 Å². The molecule has 0 radical (unpaired) electrons. The fourth-order valence-corrected chi connectivity index (χ4v) is 2.80. The molecule has 126 valence electrons. The lowest BCUT2D eigenvalue weighted by atomic mass is 9.96. The monoisotopic (exact) mass is 307 g/mol. The van der Waals surface area contributed by atoms with E-state index in [0.717, 1.165) is 31.6 Å². The Bertz CT molecular complexity index is 489. The van der Waals surface area contributed by atoms with Crippen molar-refractivity contribution >= 4 is 0 Å². The molecule has 22 heavy (non-hydrogen) atoms. The van der Waals surface area contributed by atoms with Gasteiger partial charge >= 0.3 is 0 Å². The van der Waals surface area contributed by atoms with Crippen molar-refractivity contribution in [1.82, 2.24) is 5.32 Å². The van der Waals surface area contributed by atoms with Crippen LogP contribution in [0.15, 0.2) is 6.07 Å². The van der Waals surface area contributed by atoms with Crippen LogP contribution in [0.5, 0.6) is 5.75 Å². The first-order valence-electron chi connectivity index (χ1n) is 8.25. The van der Waals surface area contributed by atoms with Gasteiger partial charge in [0.25, 0.3) is 0 Å². The summed E-state index contributed by atoms with van der Waals surface area (Å²) in [5.41, 5.74) is 4.62. The van der Waals surface area contributed by atoms with Crippen molar-refractivity contribution in [3.05, 3.63) is 28.3 Å². The van der Waals surface area contributed by atoms with Gasteiger partial charge in [0, 0.05) is 12.6 Å². The Labute approximate surface area is 136 Å². The van der Waals surface area contributed by atoms with Crippen LogP contribution in [-0.4, -0.2) is 23.9 Å². The fourth-order valence-electron chi connectivity index (χ4n) is 2.80. The third kappa shape index (κ3) is 5.62. The zero-order valence-electron chi connectivity index (χ0n) is 15.3. The Morgan fingerprint density at radius 2 is 1.86 bits per heavy atom. The molecule has 1 unspecified atom stereocenters. The van der Waals surface area contributed by atoms with Gasteiger partial charge in [0.2, 0.25) is 0 Å². The summed E-state index contributed by atoms with van der Waals surface area (Å²) in [5, 5.41) is 13.4. The molecule has 0 aliphatic heterocycles. The van der Waals surface area contributed by atoms with Crippen molar-refractivity contribution < 1.29 is 9.84 Å². The molecule has 0 aromatic heterocycles. The predicted molar refractivity (Wildman–Crippen MR) is 93.7 cm³/mol. The summed E-state index contributed by atoms with van der Waals surface area (Å²) in [6.07, 6.45) is 2.97. The van der Waals surface area contributed by atoms with E-state index in [2.05, 4.69) is 39.1 Å². The predicted octanol–water partition coefficient (Wildman–Crippen LogP) is 4.04. The first kappa shape index (κ1) is 19.0. The van der Waals surface area contributed by atoms with E-state index in [1.165, 1.54) is 22.3 Å². The first-order valence-corrected chi connectivity index (χ1v) is 8.25. The molecule has 1 aromatic carbocycles. The van der Waals surface area contributed by atoms with Crippen LogP contribution in [0, 0.1) is 20.8 Å². The van der Waals surface area contributed by atoms with Crippen LogP contribution in [0.2, 0.25) is 0 Å². The maximum absolute atomic E-state index is 9.76. The van der Waals surface area contributed by atoms with Gasteiger partial charge in [0.1, 0.15) is 5.75 Å². The molecule has 3 nitrogen and oxygen atoms in total. The van der Waals surface area contributed by atoms with Gasteiger partial charge in [0.05, 0.1) is 12.7 Å². The highest BCUT2D eigenvalue weighted by Gasteiger charge is 2.14. The van der Waals surface area contributed by atoms with Crippen LogP contribution in [0.1, 0.15) is 62.3 Å². The lowest BCUT2D eigenvalue weighted by Crippen LogP contribution is -2.27. The van der Waals surface area contributed by atoms with Gasteiger partial charge in [-0.3, -0.25) is 0 Å². The van der Waals surface area contributed by atoms with Gasteiger partial charge in [-0.25, -0.2) is 0 Å². The minimum atomic E-state index is -0.556. The van der Waals surface area contributed by atoms with Gasteiger partial charge in [0.15, 0.2) is 0 Å². The summed E-state index contributed by atoms with van der Waals surface area (Å²) in [6.45, 7) is 13.3. The van der Waals surface area contributed by atoms with Crippen molar-refractivity contribution in [2.24, 2.45) is 0 Å². The molecule has 0 heterocycles. The lowest BCUT2D eigenvalue weighted by molar-refractivity contribution is 0.0675. The average Bonchev–Trinajstić information content (AvgIpc) is 2.41. The van der Waals surface area contributed by atoms with Gasteiger partial charge in [-0.05, 0) is 89.1 Å². The summed E-state index contributed by atoms with van der Waals surface area (Å²) >= 11 is 0. The van der Waals surface area contributed by atoms with Crippen molar-refractivity contribution in [2.45, 2.75) is 79.0 Å². The minimum absolute atomic E-state index is 0.448. The van der Waals surface area contributed by atoms with Crippen molar-refractivity contribution in [1.29, 1.82) is 0 Å². The smallest absolute Gasteiger partial charge is 0.122 e. The number of hydrogen-bond acceptors (Lipinski definition) is 3. The lowest BCUT2D eigenvalue weighted by Gasteiger charge is -2.21. The number of ether oxygens (including phenoxy) is 1. The van der Waals surface area contributed by atoms with Crippen molar-refractivity contribution in [2.75, 3.05) is 7.11 Å². The zero-order chi connectivity index (χ0) is 16.9. The normalized spacial score (nSPS) is 13.3. The molecule has 0 amide bonds. The van der Waals surface area contributed by atoms with Crippen LogP contribution in [-0.2, 0) is 6.54 Å². The van der Waals surface area contributed by atoms with E-state index in [0.29, 0.717) is 6.04 Å². The molecule has 0 fully saturated rings. The highest BCUT2D eigenvalue weighted by atomic mass is 16.5. The Hall–Kier alpha value is -1.06. The molecule has 0 saturated heterocycles. The second-order valence-corrected chi connectivity index (χ2v) is 7.11. The van der Waals surface area contributed by atoms with E-state index in [1.807, 2.05) is 13.8 Å². The van der Waals surface area contributed by atoms with E-state index < -0.39 is 5.60 Å². The molecule has 0 aliphatic carbocycles. The number of rotatable bonds is 8. The number of aryl methyl sites for hydroxylation is 1. The van der Waals surface area contributed by atoms with E-state index in [1.54, 1.807) is 7.11 Å². The molecule has 3 heteroatoms. The maximum atomic E-state index is 9.76. The van der Waals surface area contributed by atoms with Crippen molar-refractivity contribution in [3.63, 3.8) is 0 Å². The summed E-state index contributed by atoms with van der Waals surface area (Å²) in [7, 11) is 1.73. The van der Waals surface area contributed by atoms with Crippen LogP contribution in [0.4, 0.5) is 0 Å². The molecule has 1 aromatic rings.